The number of hydrogen-bond donors (Lipinski definition) is 0. The predicted octanol–water partition coefficient (Wildman–Crippen LogP) is 3.96. The second-order valence-electron chi connectivity index (χ2n) is 6.06. The summed E-state index contributed by atoms with van der Waals surface area (Å²) in [5.41, 5.74) is 1.51. The lowest BCUT2D eigenvalue weighted by molar-refractivity contribution is 0.0529. The van der Waals surface area contributed by atoms with Gasteiger partial charge < -0.3 is 9.64 Å². The number of piperidine rings is 1. The molecule has 2 aromatic rings. The van der Waals surface area contributed by atoms with Crippen molar-refractivity contribution in [2.45, 2.75) is 27.2 Å². The molecule has 0 N–H and O–H groups in total. The zero-order chi connectivity index (χ0) is 15.7. The van der Waals surface area contributed by atoms with Crippen LogP contribution in [0.15, 0.2) is 18.2 Å². The number of carbonyl (C=O) groups is 1. The van der Waals surface area contributed by atoms with Crippen molar-refractivity contribution >= 4 is 32.7 Å². The third-order valence-corrected chi connectivity index (χ3v) is 5.67. The fourth-order valence-corrected chi connectivity index (χ4v) is 3.98. The Balaban J connectivity index is 1.93. The van der Waals surface area contributed by atoms with Crippen LogP contribution in [0.25, 0.3) is 10.2 Å². The molecule has 1 aliphatic heterocycles. The number of rotatable bonds is 3. The Labute approximate surface area is 135 Å². The van der Waals surface area contributed by atoms with Crippen molar-refractivity contribution in [1.82, 2.24) is 4.98 Å². The summed E-state index contributed by atoms with van der Waals surface area (Å²) in [4.78, 5) is 19.2. The largest absolute Gasteiger partial charge is 0.462 e. The van der Waals surface area contributed by atoms with Crippen molar-refractivity contribution in [2.24, 2.45) is 11.8 Å². The number of ether oxygens (including phenoxy) is 1. The molecule has 1 aromatic heterocycles. The van der Waals surface area contributed by atoms with E-state index in [1.165, 1.54) is 6.42 Å². The van der Waals surface area contributed by atoms with Crippen molar-refractivity contribution in [3.05, 3.63) is 23.8 Å². The molecular formula is C17H22N2O2S. The number of carbonyl (C=O) groups excluding carboxylic acids is 1. The lowest BCUT2D eigenvalue weighted by atomic mass is 9.89. The van der Waals surface area contributed by atoms with Gasteiger partial charge in [0.1, 0.15) is 0 Å². The lowest BCUT2D eigenvalue weighted by Crippen LogP contribution is -2.38. The zero-order valence-corrected chi connectivity index (χ0v) is 14.2. The molecule has 2 atom stereocenters. The summed E-state index contributed by atoms with van der Waals surface area (Å²) in [6, 6.07) is 5.66. The molecule has 0 unspecified atom stereocenters. The average Bonchev–Trinajstić information content (AvgIpc) is 2.94. The quantitative estimate of drug-likeness (QED) is 0.804. The summed E-state index contributed by atoms with van der Waals surface area (Å²) in [6.07, 6.45) is 1.20. The number of hydrogen-bond acceptors (Lipinski definition) is 5. The Bertz CT molecular complexity index is 682. The highest BCUT2D eigenvalue weighted by Gasteiger charge is 2.25. The summed E-state index contributed by atoms with van der Waals surface area (Å²) >= 11 is 1.60. The Morgan fingerprint density at radius 3 is 2.95 bits per heavy atom. The Morgan fingerprint density at radius 1 is 1.41 bits per heavy atom. The maximum absolute atomic E-state index is 12.1. The highest BCUT2D eigenvalue weighted by Crippen LogP contribution is 2.34. The second-order valence-corrected chi connectivity index (χ2v) is 7.04. The molecule has 118 valence electrons. The standard InChI is InChI=1S/C17H22N2O2S/c1-4-21-16(20)13-6-5-7-14-15(13)22-17(18-14)19-9-8-11(2)12(3)10-19/h5-7,11-12H,4,8-10H2,1-3H3/t11-,12+/m1/s1. The maximum Gasteiger partial charge on any atom is 0.339 e. The van der Waals surface area contributed by atoms with Gasteiger partial charge in [0.15, 0.2) is 5.13 Å². The molecule has 1 fully saturated rings. The predicted molar refractivity (Wildman–Crippen MR) is 90.7 cm³/mol. The van der Waals surface area contributed by atoms with E-state index in [-0.39, 0.29) is 5.97 Å². The summed E-state index contributed by atoms with van der Waals surface area (Å²) < 4.78 is 6.08. The van der Waals surface area contributed by atoms with Crippen LogP contribution in [0.2, 0.25) is 0 Å². The fraction of sp³-hybridized carbons (Fsp3) is 0.529. The van der Waals surface area contributed by atoms with Crippen LogP contribution < -0.4 is 4.90 Å². The number of thiazole rings is 1. The van der Waals surface area contributed by atoms with Gasteiger partial charge in [0.25, 0.3) is 0 Å². The second kappa shape index (κ2) is 6.24. The van der Waals surface area contributed by atoms with Crippen LogP contribution in [0.4, 0.5) is 5.13 Å². The molecule has 1 aromatic carbocycles. The van der Waals surface area contributed by atoms with E-state index >= 15 is 0 Å². The highest BCUT2D eigenvalue weighted by molar-refractivity contribution is 7.22. The van der Waals surface area contributed by atoms with Crippen molar-refractivity contribution < 1.29 is 9.53 Å². The first-order chi connectivity index (χ1) is 10.6. The van der Waals surface area contributed by atoms with E-state index in [9.17, 15) is 4.79 Å². The van der Waals surface area contributed by atoms with Gasteiger partial charge in [0.2, 0.25) is 0 Å². The van der Waals surface area contributed by atoms with E-state index in [0.717, 1.165) is 34.4 Å². The van der Waals surface area contributed by atoms with E-state index in [1.54, 1.807) is 11.3 Å². The van der Waals surface area contributed by atoms with Crippen LogP contribution >= 0.6 is 11.3 Å². The maximum atomic E-state index is 12.1. The number of fused-ring (bicyclic) bond motifs is 1. The first-order valence-corrected chi connectivity index (χ1v) is 8.73. The molecule has 0 radical (unpaired) electrons. The van der Waals surface area contributed by atoms with Gasteiger partial charge in [0.05, 0.1) is 22.4 Å². The normalized spacial score (nSPS) is 22.0. The molecular weight excluding hydrogens is 296 g/mol. The first kappa shape index (κ1) is 15.3. The molecule has 2 heterocycles. The molecule has 0 spiro atoms. The van der Waals surface area contributed by atoms with Gasteiger partial charge in [-0.25, -0.2) is 9.78 Å². The van der Waals surface area contributed by atoms with Crippen molar-refractivity contribution in [3.63, 3.8) is 0 Å². The molecule has 22 heavy (non-hydrogen) atoms. The zero-order valence-electron chi connectivity index (χ0n) is 13.3. The van der Waals surface area contributed by atoms with Gasteiger partial charge in [-0.15, -0.1) is 0 Å². The molecule has 0 saturated carbocycles. The molecule has 1 saturated heterocycles. The number of esters is 1. The molecule has 1 aliphatic rings. The Morgan fingerprint density at radius 2 is 2.23 bits per heavy atom. The highest BCUT2D eigenvalue weighted by atomic mass is 32.1. The smallest absolute Gasteiger partial charge is 0.339 e. The summed E-state index contributed by atoms with van der Waals surface area (Å²) in [5.74, 6) is 1.18. The Hall–Kier alpha value is -1.62. The molecule has 3 rings (SSSR count). The molecule has 0 amide bonds. The molecule has 0 bridgehead atoms. The van der Waals surface area contributed by atoms with E-state index < -0.39 is 0 Å². The van der Waals surface area contributed by atoms with Crippen LogP contribution in [0.3, 0.4) is 0 Å². The summed E-state index contributed by atoms with van der Waals surface area (Å²) in [5, 5.41) is 1.02. The first-order valence-electron chi connectivity index (χ1n) is 7.91. The number of nitrogens with zero attached hydrogens (tertiary/aromatic N) is 2. The van der Waals surface area contributed by atoms with Gasteiger partial charge in [-0.05, 0) is 37.3 Å². The van der Waals surface area contributed by atoms with E-state index in [4.69, 9.17) is 9.72 Å². The van der Waals surface area contributed by atoms with E-state index in [2.05, 4.69) is 18.7 Å². The SMILES string of the molecule is CCOC(=O)c1cccc2nc(N3CC[C@@H](C)[C@@H](C)C3)sc12. The van der Waals surface area contributed by atoms with Crippen molar-refractivity contribution in [1.29, 1.82) is 0 Å². The third kappa shape index (κ3) is 2.82. The number of anilines is 1. The van der Waals surface area contributed by atoms with Gasteiger partial charge in [-0.1, -0.05) is 31.3 Å². The monoisotopic (exact) mass is 318 g/mol. The van der Waals surface area contributed by atoms with Gasteiger partial charge in [-0.2, -0.15) is 0 Å². The van der Waals surface area contributed by atoms with Crippen LogP contribution in [0.5, 0.6) is 0 Å². The van der Waals surface area contributed by atoms with Crippen LogP contribution in [-0.2, 0) is 4.74 Å². The van der Waals surface area contributed by atoms with E-state index in [1.807, 2.05) is 25.1 Å². The average molecular weight is 318 g/mol. The molecule has 5 heteroatoms. The van der Waals surface area contributed by atoms with Crippen molar-refractivity contribution in [3.8, 4) is 0 Å². The van der Waals surface area contributed by atoms with Crippen LogP contribution in [-0.4, -0.2) is 30.6 Å². The van der Waals surface area contributed by atoms with E-state index in [0.29, 0.717) is 18.1 Å². The van der Waals surface area contributed by atoms with Crippen molar-refractivity contribution in [2.75, 3.05) is 24.6 Å². The lowest BCUT2D eigenvalue weighted by Gasteiger charge is -2.35. The van der Waals surface area contributed by atoms with Crippen LogP contribution in [0, 0.1) is 11.8 Å². The Kier molecular flexibility index (Phi) is 4.34. The molecule has 4 nitrogen and oxygen atoms in total. The summed E-state index contributed by atoms with van der Waals surface area (Å²) in [6.45, 7) is 8.91. The fourth-order valence-electron chi connectivity index (χ4n) is 2.88. The minimum absolute atomic E-state index is 0.260. The van der Waals surface area contributed by atoms with Crippen LogP contribution in [0.1, 0.15) is 37.6 Å². The minimum atomic E-state index is -0.260. The van der Waals surface area contributed by atoms with Gasteiger partial charge in [0, 0.05) is 13.1 Å². The summed E-state index contributed by atoms with van der Waals surface area (Å²) in [7, 11) is 0. The minimum Gasteiger partial charge on any atom is -0.462 e. The molecule has 0 aliphatic carbocycles. The third-order valence-electron chi connectivity index (χ3n) is 4.50. The number of aromatic nitrogens is 1. The van der Waals surface area contributed by atoms with Gasteiger partial charge >= 0.3 is 5.97 Å². The van der Waals surface area contributed by atoms with Gasteiger partial charge in [-0.3, -0.25) is 0 Å². The number of benzene rings is 1. The topological polar surface area (TPSA) is 42.4 Å².